The predicted octanol–water partition coefficient (Wildman–Crippen LogP) is 3.40. The first kappa shape index (κ1) is 15.6. The quantitative estimate of drug-likeness (QED) is 0.592. The molecule has 0 heterocycles. The number of carbonyl (C=O) groups excluding carboxylic acids is 2. The Balaban J connectivity index is 2.01. The summed E-state index contributed by atoms with van der Waals surface area (Å²) in [5.41, 5.74) is -0.552. The fourth-order valence-corrected chi connectivity index (χ4v) is 6.41. The van der Waals surface area contributed by atoms with Crippen molar-refractivity contribution in [2.24, 2.45) is 16.2 Å². The van der Waals surface area contributed by atoms with Gasteiger partial charge in [-0.2, -0.15) is 0 Å². The van der Waals surface area contributed by atoms with Crippen LogP contribution in [0.5, 0.6) is 0 Å². The van der Waals surface area contributed by atoms with Gasteiger partial charge in [0, 0.05) is 12.0 Å². The van der Waals surface area contributed by atoms with Crippen LogP contribution in [0.1, 0.15) is 59.3 Å². The van der Waals surface area contributed by atoms with Gasteiger partial charge in [-0.15, -0.1) is 0 Å². The molecule has 2 unspecified atom stereocenters. The fourth-order valence-electron chi connectivity index (χ4n) is 6.41. The molecule has 0 spiro atoms. The van der Waals surface area contributed by atoms with Crippen molar-refractivity contribution in [3.8, 4) is 0 Å². The van der Waals surface area contributed by atoms with Gasteiger partial charge in [0.25, 0.3) is 0 Å². The summed E-state index contributed by atoms with van der Waals surface area (Å²) in [5, 5.41) is 0. The van der Waals surface area contributed by atoms with Crippen LogP contribution in [0.2, 0.25) is 0 Å². The van der Waals surface area contributed by atoms with Gasteiger partial charge < -0.3 is 9.47 Å². The van der Waals surface area contributed by atoms with E-state index in [4.69, 9.17) is 9.47 Å². The van der Waals surface area contributed by atoms with Crippen molar-refractivity contribution < 1.29 is 19.1 Å². The number of carbonyl (C=O) groups is 2. The third-order valence-electron chi connectivity index (χ3n) is 5.82. The minimum Gasteiger partial charge on any atom is -0.469 e. The molecule has 0 N–H and O–H groups in total. The first-order valence-corrected chi connectivity index (χ1v) is 8.03. The van der Waals surface area contributed by atoms with Crippen LogP contribution in [0, 0.1) is 16.2 Å². The Morgan fingerprint density at radius 3 is 1.95 bits per heavy atom. The third kappa shape index (κ3) is 2.19. The van der Waals surface area contributed by atoms with Crippen molar-refractivity contribution in [2.45, 2.75) is 64.9 Å². The molecule has 4 rings (SSSR count). The average molecular weight is 306 g/mol. The average Bonchev–Trinajstić information content (AvgIpc) is 2.32. The second-order valence-electron chi connectivity index (χ2n) is 8.81. The van der Waals surface area contributed by atoms with Gasteiger partial charge in [-0.05, 0) is 49.9 Å². The highest BCUT2D eigenvalue weighted by Gasteiger charge is 2.69. The number of esters is 2. The highest BCUT2D eigenvalue weighted by atomic mass is 16.6. The zero-order valence-corrected chi connectivity index (χ0v) is 14.1. The highest BCUT2D eigenvalue weighted by Crippen LogP contribution is 2.71. The number of ether oxygens (including phenoxy) is 2. The summed E-state index contributed by atoms with van der Waals surface area (Å²) in [4.78, 5) is 24.7. The molecule has 0 aromatic rings. The van der Waals surface area contributed by atoms with E-state index in [1.165, 1.54) is 7.11 Å². The van der Waals surface area contributed by atoms with Crippen LogP contribution < -0.4 is 0 Å². The number of hydrogen-bond acceptors (Lipinski definition) is 4. The first-order chi connectivity index (χ1) is 10.1. The molecule has 0 aliphatic heterocycles. The van der Waals surface area contributed by atoms with Crippen molar-refractivity contribution in [1.82, 2.24) is 0 Å². The van der Waals surface area contributed by atoms with Gasteiger partial charge >= 0.3 is 11.9 Å². The van der Waals surface area contributed by atoms with E-state index in [1.54, 1.807) is 6.92 Å². The molecule has 4 fully saturated rings. The lowest BCUT2D eigenvalue weighted by molar-refractivity contribution is -0.242. The minimum atomic E-state index is -0.539. The van der Waals surface area contributed by atoms with E-state index in [9.17, 15) is 9.59 Å². The van der Waals surface area contributed by atoms with Crippen LogP contribution in [0.3, 0.4) is 0 Å². The summed E-state index contributed by atoms with van der Waals surface area (Å²) < 4.78 is 11.0. The summed E-state index contributed by atoms with van der Waals surface area (Å²) in [6.45, 7) is 9.81. The molecule has 2 atom stereocenters. The Labute approximate surface area is 132 Å². The summed E-state index contributed by atoms with van der Waals surface area (Å²) in [7, 11) is 1.46. The fraction of sp³-hybridized carbons (Fsp3) is 0.778. The standard InChI is InChI=1S/C18H26O4/c1-12(2)13(19)22-18-9-15(3)6-16(4,10-18)8-17(7-15,11-18)14(20)21-5/h1,6-11H2,2-5H3. The monoisotopic (exact) mass is 306 g/mol. The largest absolute Gasteiger partial charge is 0.469 e. The highest BCUT2D eigenvalue weighted by molar-refractivity contribution is 5.87. The molecule has 4 saturated carbocycles. The lowest BCUT2D eigenvalue weighted by atomic mass is 9.39. The van der Waals surface area contributed by atoms with Crippen molar-refractivity contribution in [2.75, 3.05) is 7.11 Å². The Morgan fingerprint density at radius 1 is 0.955 bits per heavy atom. The molecule has 22 heavy (non-hydrogen) atoms. The van der Waals surface area contributed by atoms with E-state index in [2.05, 4.69) is 20.4 Å². The van der Waals surface area contributed by atoms with Gasteiger partial charge in [-0.25, -0.2) is 4.79 Å². The summed E-state index contributed by atoms with van der Waals surface area (Å²) in [6.07, 6.45) is 5.05. The maximum Gasteiger partial charge on any atom is 0.333 e. The van der Waals surface area contributed by atoms with Crippen LogP contribution >= 0.6 is 0 Å². The molecule has 0 radical (unpaired) electrons. The number of rotatable bonds is 3. The predicted molar refractivity (Wildman–Crippen MR) is 82.0 cm³/mol. The van der Waals surface area contributed by atoms with Gasteiger partial charge in [0.1, 0.15) is 5.60 Å². The van der Waals surface area contributed by atoms with E-state index < -0.39 is 11.0 Å². The molecule has 4 aliphatic rings. The van der Waals surface area contributed by atoms with E-state index in [0.29, 0.717) is 12.0 Å². The smallest absolute Gasteiger partial charge is 0.333 e. The molecule has 4 heteroatoms. The Hall–Kier alpha value is -1.32. The Kier molecular flexibility index (Phi) is 3.09. The van der Waals surface area contributed by atoms with Crippen molar-refractivity contribution >= 4 is 11.9 Å². The molecule has 0 aromatic heterocycles. The molecule has 4 bridgehead atoms. The van der Waals surface area contributed by atoms with Crippen LogP contribution in [0.4, 0.5) is 0 Å². The van der Waals surface area contributed by atoms with Crippen LogP contribution in [-0.2, 0) is 19.1 Å². The molecule has 4 nitrogen and oxygen atoms in total. The topological polar surface area (TPSA) is 52.6 Å². The lowest BCUT2D eigenvalue weighted by Crippen LogP contribution is -2.65. The van der Waals surface area contributed by atoms with Crippen molar-refractivity contribution in [3.05, 3.63) is 12.2 Å². The van der Waals surface area contributed by atoms with Crippen molar-refractivity contribution in [3.63, 3.8) is 0 Å². The second-order valence-corrected chi connectivity index (χ2v) is 8.81. The SMILES string of the molecule is C=C(C)C(=O)OC12CC3(C)CC(C)(C1)CC(C(=O)OC)(C3)C2. The molecular formula is C18H26O4. The van der Waals surface area contributed by atoms with E-state index in [0.717, 1.165) is 32.1 Å². The summed E-state index contributed by atoms with van der Waals surface area (Å²) >= 11 is 0. The second kappa shape index (κ2) is 4.36. The van der Waals surface area contributed by atoms with Gasteiger partial charge in [-0.3, -0.25) is 4.79 Å². The molecule has 4 aliphatic carbocycles. The third-order valence-corrected chi connectivity index (χ3v) is 5.82. The van der Waals surface area contributed by atoms with Gasteiger partial charge in [-0.1, -0.05) is 20.4 Å². The molecule has 122 valence electrons. The Bertz CT molecular complexity index is 543. The van der Waals surface area contributed by atoms with Crippen LogP contribution in [0.15, 0.2) is 12.2 Å². The van der Waals surface area contributed by atoms with E-state index in [1.807, 2.05) is 0 Å². The van der Waals surface area contributed by atoms with Gasteiger partial charge in [0.15, 0.2) is 0 Å². The maximum atomic E-state index is 12.5. The lowest BCUT2D eigenvalue weighted by Gasteiger charge is -2.67. The number of hydrogen-bond donors (Lipinski definition) is 0. The maximum absolute atomic E-state index is 12.5. The molecule has 0 saturated heterocycles. The molecular weight excluding hydrogens is 280 g/mol. The van der Waals surface area contributed by atoms with Gasteiger partial charge in [0.05, 0.1) is 12.5 Å². The van der Waals surface area contributed by atoms with Crippen LogP contribution in [-0.4, -0.2) is 24.6 Å². The minimum absolute atomic E-state index is 0.0348. The first-order valence-electron chi connectivity index (χ1n) is 8.03. The zero-order chi connectivity index (χ0) is 16.4. The van der Waals surface area contributed by atoms with Gasteiger partial charge in [0.2, 0.25) is 0 Å². The normalized spacial score (nSPS) is 45.5. The molecule has 0 amide bonds. The zero-order valence-electron chi connectivity index (χ0n) is 14.1. The van der Waals surface area contributed by atoms with Crippen molar-refractivity contribution in [1.29, 1.82) is 0 Å². The Morgan fingerprint density at radius 2 is 1.50 bits per heavy atom. The summed E-state index contributed by atoms with van der Waals surface area (Å²) in [5.74, 6) is -0.478. The van der Waals surface area contributed by atoms with E-state index in [-0.39, 0.29) is 22.8 Å². The molecule has 0 aromatic carbocycles. The summed E-state index contributed by atoms with van der Waals surface area (Å²) in [6, 6.07) is 0. The van der Waals surface area contributed by atoms with E-state index >= 15 is 0 Å². The van der Waals surface area contributed by atoms with Crippen LogP contribution in [0.25, 0.3) is 0 Å². The number of methoxy groups -OCH3 is 1.